The molecule has 2 fully saturated rings. The predicted octanol–water partition coefficient (Wildman–Crippen LogP) is 5.08. The van der Waals surface area contributed by atoms with E-state index in [1.807, 2.05) is 21.6 Å². The minimum absolute atomic E-state index is 0.0376. The summed E-state index contributed by atoms with van der Waals surface area (Å²) in [7, 11) is 0. The van der Waals surface area contributed by atoms with Crippen LogP contribution in [0.25, 0.3) is 0 Å². The van der Waals surface area contributed by atoms with Gasteiger partial charge in [0.25, 0.3) is 5.91 Å². The van der Waals surface area contributed by atoms with Crippen molar-refractivity contribution in [3.05, 3.63) is 33.8 Å². The van der Waals surface area contributed by atoms with E-state index >= 15 is 0 Å². The fourth-order valence-electron chi connectivity index (χ4n) is 3.91. The molecule has 148 valence electrons. The minimum Gasteiger partial charge on any atom is -0.342 e. The van der Waals surface area contributed by atoms with Crippen LogP contribution in [0.2, 0.25) is 10.0 Å². The van der Waals surface area contributed by atoms with Gasteiger partial charge in [0.1, 0.15) is 0 Å². The molecule has 2 aliphatic heterocycles. The number of carbonyl (C=O) groups excluding carboxylic acids is 2. The second kappa shape index (κ2) is 9.06. The smallest absolute Gasteiger partial charge is 0.256 e. The van der Waals surface area contributed by atoms with Crippen molar-refractivity contribution < 1.29 is 9.59 Å². The molecule has 0 atom stereocenters. The fraction of sp³-hybridized carbons (Fsp3) is 0.600. The lowest BCUT2D eigenvalue weighted by Crippen LogP contribution is -2.53. The molecule has 2 saturated heterocycles. The molecule has 0 unspecified atom stereocenters. The molecule has 1 aromatic carbocycles. The predicted molar refractivity (Wildman–Crippen MR) is 113 cm³/mol. The zero-order chi connectivity index (χ0) is 19.4. The summed E-state index contributed by atoms with van der Waals surface area (Å²) in [6.07, 6.45) is 5.45. The SMILES string of the molecule is CCCCCC(=O)N1CCC2(CC1)SCCN2C(=O)c1ccc(Cl)cc1Cl. The summed E-state index contributed by atoms with van der Waals surface area (Å²) in [6.45, 7) is 4.30. The first-order valence-electron chi connectivity index (χ1n) is 9.65. The molecule has 0 radical (unpaired) electrons. The second-order valence-corrected chi connectivity index (χ2v) is 9.51. The molecule has 2 aliphatic rings. The molecule has 0 aliphatic carbocycles. The van der Waals surface area contributed by atoms with E-state index in [0.29, 0.717) is 28.6 Å². The minimum atomic E-state index is -0.222. The lowest BCUT2D eigenvalue weighted by atomic mass is 10.00. The number of unbranched alkanes of at least 4 members (excludes halogenated alkanes) is 2. The molecule has 2 amide bonds. The third-order valence-electron chi connectivity index (χ3n) is 5.48. The van der Waals surface area contributed by atoms with Gasteiger partial charge in [-0.3, -0.25) is 9.59 Å². The molecule has 4 nitrogen and oxygen atoms in total. The largest absolute Gasteiger partial charge is 0.342 e. The number of nitrogens with zero attached hydrogens (tertiary/aromatic N) is 2. The number of benzene rings is 1. The van der Waals surface area contributed by atoms with Gasteiger partial charge >= 0.3 is 0 Å². The Kier molecular flexibility index (Phi) is 6.98. The van der Waals surface area contributed by atoms with E-state index in [1.54, 1.807) is 18.2 Å². The number of carbonyl (C=O) groups is 2. The molecule has 0 N–H and O–H groups in total. The lowest BCUT2D eigenvalue weighted by Gasteiger charge is -2.44. The van der Waals surface area contributed by atoms with Crippen molar-refractivity contribution in [2.24, 2.45) is 0 Å². The van der Waals surface area contributed by atoms with Crippen LogP contribution in [0.3, 0.4) is 0 Å². The number of likely N-dealkylation sites (tertiary alicyclic amines) is 1. The Morgan fingerprint density at radius 2 is 1.89 bits per heavy atom. The summed E-state index contributed by atoms with van der Waals surface area (Å²) in [4.78, 5) is 29.3. The Balaban J connectivity index is 1.66. The van der Waals surface area contributed by atoms with E-state index in [2.05, 4.69) is 6.92 Å². The number of piperidine rings is 1. The molecule has 0 aromatic heterocycles. The first-order chi connectivity index (χ1) is 13.0. The van der Waals surface area contributed by atoms with Crippen LogP contribution >= 0.6 is 35.0 Å². The molecule has 2 heterocycles. The number of amides is 2. The van der Waals surface area contributed by atoms with Gasteiger partial charge in [0, 0.05) is 36.8 Å². The van der Waals surface area contributed by atoms with Crippen molar-refractivity contribution in [3.8, 4) is 0 Å². The van der Waals surface area contributed by atoms with Crippen molar-refractivity contribution in [3.63, 3.8) is 0 Å². The van der Waals surface area contributed by atoms with Crippen molar-refractivity contribution in [2.75, 3.05) is 25.4 Å². The Labute approximate surface area is 175 Å². The van der Waals surface area contributed by atoms with Gasteiger partial charge in [0.2, 0.25) is 5.91 Å². The van der Waals surface area contributed by atoms with Gasteiger partial charge in [-0.25, -0.2) is 0 Å². The molecule has 1 spiro atoms. The lowest BCUT2D eigenvalue weighted by molar-refractivity contribution is -0.132. The maximum Gasteiger partial charge on any atom is 0.256 e. The van der Waals surface area contributed by atoms with Crippen LogP contribution in [0.1, 0.15) is 55.8 Å². The van der Waals surface area contributed by atoms with Crippen molar-refractivity contribution in [1.82, 2.24) is 9.80 Å². The third-order valence-corrected chi connectivity index (χ3v) is 7.58. The summed E-state index contributed by atoms with van der Waals surface area (Å²) in [5, 5.41) is 0.917. The molecule has 0 bridgehead atoms. The molecular weight excluding hydrogens is 403 g/mol. The first-order valence-corrected chi connectivity index (χ1v) is 11.4. The van der Waals surface area contributed by atoms with Crippen LogP contribution in [-0.2, 0) is 4.79 Å². The molecule has 0 saturated carbocycles. The van der Waals surface area contributed by atoms with E-state index in [9.17, 15) is 9.59 Å². The quantitative estimate of drug-likeness (QED) is 0.613. The molecule has 3 rings (SSSR count). The van der Waals surface area contributed by atoms with Gasteiger partial charge in [-0.1, -0.05) is 43.0 Å². The Bertz CT molecular complexity index is 705. The van der Waals surface area contributed by atoms with Gasteiger partial charge in [-0.05, 0) is 37.5 Å². The summed E-state index contributed by atoms with van der Waals surface area (Å²) < 4.78 is 0. The highest BCUT2D eigenvalue weighted by Crippen LogP contribution is 2.45. The topological polar surface area (TPSA) is 40.6 Å². The van der Waals surface area contributed by atoms with E-state index < -0.39 is 0 Å². The van der Waals surface area contributed by atoms with Crippen LogP contribution in [-0.4, -0.2) is 51.9 Å². The average Bonchev–Trinajstić information content (AvgIpc) is 3.05. The molecular formula is C20H26Cl2N2O2S. The summed E-state index contributed by atoms with van der Waals surface area (Å²) in [6, 6.07) is 5.02. The normalized spacial score (nSPS) is 18.9. The molecule has 1 aromatic rings. The number of hydrogen-bond donors (Lipinski definition) is 0. The van der Waals surface area contributed by atoms with Gasteiger partial charge in [-0.15, -0.1) is 11.8 Å². The second-order valence-electron chi connectivity index (χ2n) is 7.21. The van der Waals surface area contributed by atoms with Crippen LogP contribution in [0.4, 0.5) is 0 Å². The number of thioether (sulfide) groups is 1. The number of halogens is 2. The Hall–Kier alpha value is -0.910. The van der Waals surface area contributed by atoms with E-state index in [-0.39, 0.29) is 16.7 Å². The van der Waals surface area contributed by atoms with Gasteiger partial charge in [-0.2, -0.15) is 0 Å². The zero-order valence-electron chi connectivity index (χ0n) is 15.7. The van der Waals surface area contributed by atoms with Crippen LogP contribution in [0.5, 0.6) is 0 Å². The zero-order valence-corrected chi connectivity index (χ0v) is 18.0. The summed E-state index contributed by atoms with van der Waals surface area (Å²) in [5.41, 5.74) is 0.501. The van der Waals surface area contributed by atoms with E-state index in [0.717, 1.165) is 50.9 Å². The standard InChI is InChI=1S/C20H26Cl2N2O2S/c1-2-3-4-5-18(25)23-10-8-20(9-11-23)24(12-13-27-20)19(26)16-7-6-15(21)14-17(16)22/h6-7,14H,2-5,8-13H2,1H3. The van der Waals surface area contributed by atoms with Crippen molar-refractivity contribution in [1.29, 1.82) is 0 Å². The monoisotopic (exact) mass is 428 g/mol. The van der Waals surface area contributed by atoms with E-state index in [4.69, 9.17) is 23.2 Å². The highest BCUT2D eigenvalue weighted by Gasteiger charge is 2.47. The van der Waals surface area contributed by atoms with Crippen LogP contribution in [0, 0.1) is 0 Å². The maximum atomic E-state index is 13.1. The van der Waals surface area contributed by atoms with Gasteiger partial charge in [0.05, 0.1) is 15.5 Å². The summed E-state index contributed by atoms with van der Waals surface area (Å²) in [5.74, 6) is 1.13. The first kappa shape index (κ1) is 20.8. The van der Waals surface area contributed by atoms with Crippen molar-refractivity contribution >= 4 is 46.8 Å². The van der Waals surface area contributed by atoms with E-state index in [1.165, 1.54) is 0 Å². The van der Waals surface area contributed by atoms with Crippen LogP contribution in [0.15, 0.2) is 18.2 Å². The van der Waals surface area contributed by atoms with Gasteiger partial charge in [0.15, 0.2) is 0 Å². The maximum absolute atomic E-state index is 13.1. The number of hydrogen-bond acceptors (Lipinski definition) is 3. The highest BCUT2D eigenvalue weighted by atomic mass is 35.5. The summed E-state index contributed by atoms with van der Waals surface area (Å²) >= 11 is 14.1. The number of rotatable bonds is 5. The fourth-order valence-corrected chi connectivity index (χ4v) is 5.85. The Morgan fingerprint density at radius 3 is 2.56 bits per heavy atom. The third kappa shape index (κ3) is 4.57. The highest BCUT2D eigenvalue weighted by molar-refractivity contribution is 8.00. The van der Waals surface area contributed by atoms with Crippen LogP contribution < -0.4 is 0 Å². The molecule has 7 heteroatoms. The average molecular weight is 429 g/mol. The van der Waals surface area contributed by atoms with Crippen molar-refractivity contribution in [2.45, 2.75) is 50.3 Å². The molecule has 27 heavy (non-hydrogen) atoms. The Morgan fingerprint density at radius 1 is 1.15 bits per heavy atom. The van der Waals surface area contributed by atoms with Gasteiger partial charge < -0.3 is 9.80 Å².